The largest absolute Gasteiger partial charge is 0.503 e. The summed E-state index contributed by atoms with van der Waals surface area (Å²) in [6.45, 7) is 0. The number of phenols is 2. The third kappa shape index (κ3) is 1.06. The van der Waals surface area contributed by atoms with E-state index < -0.39 is 0 Å². The smallest absolute Gasteiger partial charge is 0.176 e. The molecule has 1 aromatic carbocycles. The fourth-order valence-corrected chi connectivity index (χ4v) is 2.46. The van der Waals surface area contributed by atoms with Crippen molar-refractivity contribution in [3.8, 4) is 11.5 Å². The molecule has 0 amide bonds. The Hall–Kier alpha value is -0.490. The lowest BCUT2D eigenvalue weighted by Gasteiger charge is -2.00. The van der Waals surface area contributed by atoms with Crippen LogP contribution in [-0.4, -0.2) is 10.2 Å². The maximum absolute atomic E-state index is 9.48. The van der Waals surface area contributed by atoms with E-state index in [1.54, 1.807) is 0 Å². The summed E-state index contributed by atoms with van der Waals surface area (Å²) in [6.07, 6.45) is 0. The number of fused-ring (bicyclic) bond motifs is 1. The highest BCUT2D eigenvalue weighted by Crippen LogP contribution is 2.40. The fraction of sp³-hybridized carbons (Fsp3) is 0. The van der Waals surface area contributed by atoms with E-state index >= 15 is 0 Å². The van der Waals surface area contributed by atoms with Gasteiger partial charge in [0.05, 0.1) is 8.27 Å². The van der Waals surface area contributed by atoms with E-state index in [0.29, 0.717) is 3.57 Å². The Kier molecular flexibility index (Phi) is 1.88. The topological polar surface area (TPSA) is 40.5 Å². The van der Waals surface area contributed by atoms with Crippen LogP contribution in [0.3, 0.4) is 0 Å². The van der Waals surface area contributed by atoms with Gasteiger partial charge < -0.3 is 10.2 Å². The molecule has 2 rings (SSSR count). The van der Waals surface area contributed by atoms with Crippen molar-refractivity contribution >= 4 is 44.0 Å². The SMILES string of the molecule is Oc1c(I)cc2ccsc2c1O. The Balaban J connectivity index is 2.94. The lowest BCUT2D eigenvalue weighted by Crippen LogP contribution is -1.74. The van der Waals surface area contributed by atoms with Gasteiger partial charge in [0.25, 0.3) is 0 Å². The van der Waals surface area contributed by atoms with Crippen molar-refractivity contribution in [2.45, 2.75) is 0 Å². The van der Waals surface area contributed by atoms with Gasteiger partial charge in [-0.3, -0.25) is 0 Å². The predicted octanol–water partition coefficient (Wildman–Crippen LogP) is 2.92. The summed E-state index contributed by atoms with van der Waals surface area (Å²) in [4.78, 5) is 0. The number of aromatic hydroxyl groups is 2. The van der Waals surface area contributed by atoms with E-state index in [4.69, 9.17) is 0 Å². The van der Waals surface area contributed by atoms with Gasteiger partial charge in [-0.2, -0.15) is 0 Å². The lowest BCUT2D eigenvalue weighted by atomic mass is 10.2. The molecule has 0 aliphatic heterocycles. The molecule has 0 bridgehead atoms. The summed E-state index contributed by atoms with van der Waals surface area (Å²) in [6, 6.07) is 3.77. The molecule has 62 valence electrons. The molecule has 0 saturated heterocycles. The van der Waals surface area contributed by atoms with Crippen LogP contribution in [0.15, 0.2) is 17.5 Å². The van der Waals surface area contributed by atoms with E-state index in [1.807, 2.05) is 40.1 Å². The number of phenolic OH excluding ortho intramolecular Hbond substituents is 2. The monoisotopic (exact) mass is 292 g/mol. The number of hydrogen-bond donors (Lipinski definition) is 2. The van der Waals surface area contributed by atoms with Gasteiger partial charge in [0.1, 0.15) is 0 Å². The van der Waals surface area contributed by atoms with Crippen molar-refractivity contribution < 1.29 is 10.2 Å². The molecule has 0 aliphatic carbocycles. The molecule has 1 heterocycles. The quantitative estimate of drug-likeness (QED) is 0.579. The summed E-state index contributed by atoms with van der Waals surface area (Å²) in [5.74, 6) is -0.0301. The Morgan fingerprint density at radius 1 is 1.25 bits per heavy atom. The van der Waals surface area contributed by atoms with Gasteiger partial charge in [-0.15, -0.1) is 11.3 Å². The summed E-state index contributed by atoms with van der Waals surface area (Å²) in [5.41, 5.74) is 0. The number of rotatable bonds is 0. The Bertz CT molecular complexity index is 436. The van der Waals surface area contributed by atoms with Gasteiger partial charge in [0.15, 0.2) is 11.5 Å². The molecule has 2 N–H and O–H groups in total. The number of hydrogen-bond acceptors (Lipinski definition) is 3. The zero-order valence-corrected chi connectivity index (χ0v) is 8.89. The highest BCUT2D eigenvalue weighted by Gasteiger charge is 2.10. The molecule has 2 aromatic rings. The van der Waals surface area contributed by atoms with Crippen LogP contribution >= 0.6 is 33.9 Å². The van der Waals surface area contributed by atoms with E-state index in [0.717, 1.165) is 10.1 Å². The van der Waals surface area contributed by atoms with Crippen molar-refractivity contribution in [3.05, 3.63) is 21.1 Å². The van der Waals surface area contributed by atoms with Gasteiger partial charge in [-0.05, 0) is 45.5 Å². The van der Waals surface area contributed by atoms with Gasteiger partial charge in [-0.25, -0.2) is 0 Å². The van der Waals surface area contributed by atoms with Crippen molar-refractivity contribution in [1.82, 2.24) is 0 Å². The van der Waals surface area contributed by atoms with Gasteiger partial charge in [0, 0.05) is 0 Å². The second kappa shape index (κ2) is 2.77. The van der Waals surface area contributed by atoms with E-state index in [1.165, 1.54) is 11.3 Å². The van der Waals surface area contributed by atoms with E-state index in [-0.39, 0.29) is 11.5 Å². The molecule has 12 heavy (non-hydrogen) atoms. The third-order valence-corrected chi connectivity index (χ3v) is 3.40. The van der Waals surface area contributed by atoms with Crippen LogP contribution in [-0.2, 0) is 0 Å². The lowest BCUT2D eigenvalue weighted by molar-refractivity contribution is 0.406. The van der Waals surface area contributed by atoms with Crippen molar-refractivity contribution in [3.63, 3.8) is 0 Å². The Morgan fingerprint density at radius 3 is 2.75 bits per heavy atom. The minimum Gasteiger partial charge on any atom is -0.503 e. The summed E-state index contributed by atoms with van der Waals surface area (Å²) >= 11 is 3.41. The molecular formula is C8H5IO2S. The first-order valence-corrected chi connectivity index (χ1v) is 5.23. The number of benzene rings is 1. The van der Waals surface area contributed by atoms with Crippen LogP contribution in [0.1, 0.15) is 0 Å². The molecule has 0 fully saturated rings. The van der Waals surface area contributed by atoms with E-state index in [9.17, 15) is 10.2 Å². The van der Waals surface area contributed by atoms with Crippen LogP contribution in [0.4, 0.5) is 0 Å². The molecule has 0 aliphatic rings. The molecule has 0 unspecified atom stereocenters. The minimum atomic E-state index is -0.0226. The van der Waals surface area contributed by atoms with Crippen LogP contribution in [0.5, 0.6) is 11.5 Å². The highest BCUT2D eigenvalue weighted by molar-refractivity contribution is 14.1. The predicted molar refractivity (Wildman–Crippen MR) is 57.9 cm³/mol. The van der Waals surface area contributed by atoms with Gasteiger partial charge in [0.2, 0.25) is 0 Å². The molecule has 0 radical (unpaired) electrons. The summed E-state index contributed by atoms with van der Waals surface area (Å²) < 4.78 is 1.42. The third-order valence-electron chi connectivity index (χ3n) is 1.64. The van der Waals surface area contributed by atoms with E-state index in [2.05, 4.69) is 0 Å². The van der Waals surface area contributed by atoms with Crippen LogP contribution in [0.2, 0.25) is 0 Å². The van der Waals surface area contributed by atoms with Crippen molar-refractivity contribution in [1.29, 1.82) is 0 Å². The van der Waals surface area contributed by atoms with Crippen molar-refractivity contribution in [2.24, 2.45) is 0 Å². The van der Waals surface area contributed by atoms with Gasteiger partial charge in [-0.1, -0.05) is 0 Å². The molecule has 0 saturated carbocycles. The zero-order valence-electron chi connectivity index (χ0n) is 5.91. The molecule has 0 atom stereocenters. The maximum Gasteiger partial charge on any atom is 0.176 e. The first-order chi connectivity index (χ1) is 5.70. The molecular weight excluding hydrogens is 287 g/mol. The Morgan fingerprint density at radius 2 is 2.00 bits per heavy atom. The first kappa shape index (κ1) is 8.12. The van der Waals surface area contributed by atoms with Crippen molar-refractivity contribution in [2.75, 3.05) is 0 Å². The summed E-state index contributed by atoms with van der Waals surface area (Å²) in [5, 5.41) is 21.7. The Labute approximate surface area is 86.6 Å². The molecule has 2 nitrogen and oxygen atoms in total. The molecule has 0 spiro atoms. The van der Waals surface area contributed by atoms with Crippen LogP contribution in [0, 0.1) is 3.57 Å². The molecule has 4 heteroatoms. The molecule has 1 aromatic heterocycles. The maximum atomic E-state index is 9.48. The first-order valence-electron chi connectivity index (χ1n) is 3.28. The van der Waals surface area contributed by atoms with Crippen LogP contribution in [0.25, 0.3) is 10.1 Å². The van der Waals surface area contributed by atoms with Gasteiger partial charge >= 0.3 is 0 Å². The average Bonchev–Trinajstić information content (AvgIpc) is 2.48. The average molecular weight is 292 g/mol. The normalized spacial score (nSPS) is 10.8. The minimum absolute atomic E-state index is 0.00750. The standard InChI is InChI=1S/C8H5IO2S/c9-5-3-4-1-2-12-8(4)7(11)6(5)10/h1-3,10-11H. The second-order valence-electron chi connectivity index (χ2n) is 2.39. The fourth-order valence-electron chi connectivity index (χ4n) is 1.05. The second-order valence-corrected chi connectivity index (χ2v) is 4.47. The highest BCUT2D eigenvalue weighted by atomic mass is 127. The van der Waals surface area contributed by atoms with Crippen LogP contribution < -0.4 is 0 Å². The number of halogens is 1. The summed E-state index contributed by atoms with van der Waals surface area (Å²) in [7, 11) is 0. The number of thiophene rings is 1. The zero-order chi connectivity index (χ0) is 8.72.